The van der Waals surface area contributed by atoms with E-state index in [1.807, 2.05) is 0 Å². The summed E-state index contributed by atoms with van der Waals surface area (Å²) < 4.78 is 2.21. The lowest BCUT2D eigenvalue weighted by Crippen LogP contribution is -2.37. The number of para-hydroxylation sites is 1. The molecule has 1 heterocycles. The SMILES string of the molecule is CCN(CC)C(N)=NCc1c(C)c2ccccc2n1C. The molecule has 0 radical (unpaired) electrons. The molecule has 0 saturated heterocycles. The molecule has 0 fully saturated rings. The number of aryl methyl sites for hydroxylation is 2. The van der Waals surface area contributed by atoms with Crippen molar-refractivity contribution in [2.75, 3.05) is 13.1 Å². The summed E-state index contributed by atoms with van der Waals surface area (Å²) in [6.45, 7) is 8.74. The third kappa shape index (κ3) is 2.50. The van der Waals surface area contributed by atoms with Gasteiger partial charge >= 0.3 is 0 Å². The molecule has 0 aliphatic heterocycles. The van der Waals surface area contributed by atoms with Crippen molar-refractivity contribution in [3.63, 3.8) is 0 Å². The van der Waals surface area contributed by atoms with E-state index < -0.39 is 0 Å². The molecule has 0 bridgehead atoms. The van der Waals surface area contributed by atoms with E-state index in [0.717, 1.165) is 13.1 Å². The van der Waals surface area contributed by atoms with E-state index in [0.29, 0.717) is 12.5 Å². The molecule has 0 spiro atoms. The second-order valence-corrected chi connectivity index (χ2v) is 4.99. The van der Waals surface area contributed by atoms with Crippen molar-refractivity contribution < 1.29 is 0 Å². The van der Waals surface area contributed by atoms with Crippen molar-refractivity contribution in [1.29, 1.82) is 0 Å². The van der Waals surface area contributed by atoms with Crippen molar-refractivity contribution in [3.8, 4) is 0 Å². The van der Waals surface area contributed by atoms with Crippen molar-refractivity contribution in [2.45, 2.75) is 27.3 Å². The number of benzene rings is 1. The fourth-order valence-corrected chi connectivity index (χ4v) is 2.66. The maximum Gasteiger partial charge on any atom is 0.191 e. The van der Waals surface area contributed by atoms with Gasteiger partial charge in [0.25, 0.3) is 0 Å². The molecule has 1 aromatic heterocycles. The van der Waals surface area contributed by atoms with Gasteiger partial charge in [-0.2, -0.15) is 0 Å². The Balaban J connectivity index is 2.33. The number of aromatic nitrogens is 1. The molecule has 20 heavy (non-hydrogen) atoms. The Kier molecular flexibility index (Phi) is 4.32. The molecular formula is C16H24N4. The quantitative estimate of drug-likeness (QED) is 0.687. The summed E-state index contributed by atoms with van der Waals surface area (Å²) in [6, 6.07) is 8.45. The van der Waals surface area contributed by atoms with Crippen LogP contribution >= 0.6 is 0 Å². The Morgan fingerprint density at radius 2 is 1.90 bits per heavy atom. The van der Waals surface area contributed by atoms with Crippen LogP contribution < -0.4 is 5.73 Å². The first-order valence-corrected chi connectivity index (χ1v) is 7.17. The van der Waals surface area contributed by atoms with Crippen LogP contribution in [0, 0.1) is 6.92 Å². The molecule has 0 aliphatic rings. The molecule has 2 rings (SSSR count). The van der Waals surface area contributed by atoms with Gasteiger partial charge in [0, 0.05) is 36.7 Å². The molecule has 0 saturated carbocycles. The highest BCUT2D eigenvalue weighted by Gasteiger charge is 2.11. The van der Waals surface area contributed by atoms with Crippen molar-refractivity contribution in [3.05, 3.63) is 35.5 Å². The van der Waals surface area contributed by atoms with Crippen molar-refractivity contribution in [2.24, 2.45) is 17.8 Å². The first-order valence-electron chi connectivity index (χ1n) is 7.17. The average molecular weight is 272 g/mol. The van der Waals surface area contributed by atoms with Gasteiger partial charge < -0.3 is 15.2 Å². The fraction of sp³-hybridized carbons (Fsp3) is 0.438. The van der Waals surface area contributed by atoms with E-state index in [2.05, 4.69) is 66.5 Å². The zero-order chi connectivity index (χ0) is 14.7. The van der Waals surface area contributed by atoms with Crippen molar-refractivity contribution in [1.82, 2.24) is 9.47 Å². The van der Waals surface area contributed by atoms with Gasteiger partial charge in [-0.05, 0) is 32.4 Å². The number of rotatable bonds is 4. The highest BCUT2D eigenvalue weighted by molar-refractivity contribution is 5.85. The Morgan fingerprint density at radius 3 is 2.50 bits per heavy atom. The lowest BCUT2D eigenvalue weighted by Gasteiger charge is -2.19. The number of guanidine groups is 1. The predicted octanol–water partition coefficient (Wildman–Crippen LogP) is 2.64. The van der Waals surface area contributed by atoms with Crippen LogP contribution in [-0.4, -0.2) is 28.5 Å². The van der Waals surface area contributed by atoms with Gasteiger partial charge in [-0.3, -0.25) is 0 Å². The third-order valence-electron chi connectivity index (χ3n) is 3.99. The Morgan fingerprint density at radius 1 is 1.25 bits per heavy atom. The highest BCUT2D eigenvalue weighted by atomic mass is 15.2. The summed E-state index contributed by atoms with van der Waals surface area (Å²) >= 11 is 0. The summed E-state index contributed by atoms with van der Waals surface area (Å²) in [6.07, 6.45) is 0. The Hall–Kier alpha value is -1.97. The largest absolute Gasteiger partial charge is 0.370 e. The standard InChI is InChI=1S/C16H24N4/c1-5-20(6-2)16(17)18-11-15-12(3)13-9-7-8-10-14(13)19(15)4/h7-10H,5-6,11H2,1-4H3,(H2,17,18). The van der Waals surface area contributed by atoms with Crippen LogP contribution in [0.4, 0.5) is 0 Å². The summed E-state index contributed by atoms with van der Waals surface area (Å²) in [5.74, 6) is 0.625. The van der Waals surface area contributed by atoms with E-state index in [1.165, 1.54) is 22.2 Å². The summed E-state index contributed by atoms with van der Waals surface area (Å²) in [5.41, 5.74) is 9.81. The van der Waals surface area contributed by atoms with E-state index in [1.54, 1.807) is 0 Å². The lowest BCUT2D eigenvalue weighted by atomic mass is 10.1. The summed E-state index contributed by atoms with van der Waals surface area (Å²) in [7, 11) is 2.09. The zero-order valence-electron chi connectivity index (χ0n) is 12.8. The predicted molar refractivity (Wildman–Crippen MR) is 85.9 cm³/mol. The van der Waals surface area contributed by atoms with Crippen LogP contribution in [0.1, 0.15) is 25.1 Å². The van der Waals surface area contributed by atoms with E-state index in [9.17, 15) is 0 Å². The minimum atomic E-state index is 0.624. The summed E-state index contributed by atoms with van der Waals surface area (Å²) in [5, 5.41) is 1.29. The van der Waals surface area contributed by atoms with Gasteiger partial charge in [0.2, 0.25) is 0 Å². The van der Waals surface area contributed by atoms with Crippen molar-refractivity contribution >= 4 is 16.9 Å². The van der Waals surface area contributed by atoms with Crippen LogP contribution in [-0.2, 0) is 13.6 Å². The van der Waals surface area contributed by atoms with Gasteiger partial charge in [-0.25, -0.2) is 4.99 Å². The molecule has 0 atom stereocenters. The normalized spacial score (nSPS) is 12.1. The van der Waals surface area contributed by atoms with Gasteiger partial charge in [0.05, 0.1) is 6.54 Å². The van der Waals surface area contributed by atoms with Crippen LogP contribution in [0.2, 0.25) is 0 Å². The minimum absolute atomic E-state index is 0.624. The first-order chi connectivity index (χ1) is 9.60. The van der Waals surface area contributed by atoms with E-state index in [4.69, 9.17) is 5.73 Å². The van der Waals surface area contributed by atoms with Crippen LogP contribution in [0.3, 0.4) is 0 Å². The molecule has 4 nitrogen and oxygen atoms in total. The van der Waals surface area contributed by atoms with Gasteiger partial charge in [-0.1, -0.05) is 18.2 Å². The minimum Gasteiger partial charge on any atom is -0.370 e. The number of hydrogen-bond donors (Lipinski definition) is 1. The monoisotopic (exact) mass is 272 g/mol. The number of fused-ring (bicyclic) bond motifs is 1. The molecule has 0 amide bonds. The number of nitrogens with two attached hydrogens (primary N) is 1. The lowest BCUT2D eigenvalue weighted by molar-refractivity contribution is 0.458. The van der Waals surface area contributed by atoms with Crippen LogP contribution in [0.5, 0.6) is 0 Å². The third-order valence-corrected chi connectivity index (χ3v) is 3.99. The smallest absolute Gasteiger partial charge is 0.191 e. The molecule has 0 unspecified atom stereocenters. The second kappa shape index (κ2) is 5.99. The molecule has 4 heteroatoms. The Bertz CT molecular complexity index is 582. The van der Waals surface area contributed by atoms with E-state index in [-0.39, 0.29) is 0 Å². The molecule has 2 N–H and O–H groups in total. The van der Waals surface area contributed by atoms with Gasteiger partial charge in [0.15, 0.2) is 5.96 Å². The van der Waals surface area contributed by atoms with Gasteiger partial charge in [0.1, 0.15) is 0 Å². The second-order valence-electron chi connectivity index (χ2n) is 4.99. The fourth-order valence-electron chi connectivity index (χ4n) is 2.66. The topological polar surface area (TPSA) is 46.5 Å². The number of aliphatic imine (C=N–C) groups is 1. The molecule has 0 aliphatic carbocycles. The summed E-state index contributed by atoms with van der Waals surface area (Å²) in [4.78, 5) is 6.62. The molecular weight excluding hydrogens is 248 g/mol. The maximum absolute atomic E-state index is 6.05. The Labute approximate surface area is 120 Å². The average Bonchev–Trinajstić information content (AvgIpc) is 2.71. The zero-order valence-corrected chi connectivity index (χ0v) is 12.8. The van der Waals surface area contributed by atoms with Crippen LogP contribution in [0.25, 0.3) is 10.9 Å². The highest BCUT2D eigenvalue weighted by Crippen LogP contribution is 2.24. The number of nitrogens with zero attached hydrogens (tertiary/aromatic N) is 3. The first kappa shape index (κ1) is 14.4. The van der Waals surface area contributed by atoms with Gasteiger partial charge in [-0.15, -0.1) is 0 Å². The van der Waals surface area contributed by atoms with E-state index >= 15 is 0 Å². The molecule has 108 valence electrons. The molecule has 1 aromatic carbocycles. The number of hydrogen-bond acceptors (Lipinski definition) is 1. The molecule has 2 aromatic rings. The van der Waals surface area contributed by atoms with Crippen LogP contribution in [0.15, 0.2) is 29.3 Å². The maximum atomic E-state index is 6.05.